The zero-order valence-electron chi connectivity index (χ0n) is 11.0. The van der Waals surface area contributed by atoms with Gasteiger partial charge in [-0.2, -0.15) is 0 Å². The minimum absolute atomic E-state index is 0.156. The van der Waals surface area contributed by atoms with Gasteiger partial charge in [0.05, 0.1) is 16.1 Å². The number of nitrogens with one attached hydrogen (secondary N) is 1. The molecule has 0 aliphatic rings. The number of carboxylic acids is 1. The maximum Gasteiger partial charge on any atom is 0.336 e. The first-order valence-electron chi connectivity index (χ1n) is 5.93. The van der Waals surface area contributed by atoms with Crippen LogP contribution in [0.1, 0.15) is 15.9 Å². The molecule has 2 aromatic carbocycles. The molecule has 2 N–H and O–H groups in total. The van der Waals surface area contributed by atoms with Crippen molar-refractivity contribution in [1.82, 2.24) is 0 Å². The van der Waals surface area contributed by atoms with Crippen molar-refractivity contribution < 1.29 is 14.8 Å². The van der Waals surface area contributed by atoms with E-state index in [0.29, 0.717) is 22.0 Å². The SMILES string of the molecule is Cc1c(Nc2cccc(Cl)c2)cc(C(=O)O)cc1[N+](=O)[O-]. The Morgan fingerprint density at radius 3 is 2.62 bits per heavy atom. The molecule has 0 saturated heterocycles. The van der Waals surface area contributed by atoms with Crippen LogP contribution in [0.25, 0.3) is 0 Å². The average molecular weight is 307 g/mol. The number of rotatable bonds is 4. The first kappa shape index (κ1) is 14.8. The maximum absolute atomic E-state index is 11.1. The number of hydrogen-bond donors (Lipinski definition) is 2. The van der Waals surface area contributed by atoms with Gasteiger partial charge in [-0.3, -0.25) is 10.1 Å². The Bertz CT molecular complexity index is 731. The fourth-order valence-electron chi connectivity index (χ4n) is 1.86. The Labute approximate surface area is 125 Å². The van der Waals surface area contributed by atoms with E-state index in [1.54, 1.807) is 31.2 Å². The van der Waals surface area contributed by atoms with Gasteiger partial charge in [0.2, 0.25) is 0 Å². The van der Waals surface area contributed by atoms with Gasteiger partial charge in [0, 0.05) is 22.5 Å². The van der Waals surface area contributed by atoms with Gasteiger partial charge < -0.3 is 10.4 Å². The largest absolute Gasteiger partial charge is 0.478 e. The fourth-order valence-corrected chi connectivity index (χ4v) is 2.05. The van der Waals surface area contributed by atoms with Crippen LogP contribution in [0.5, 0.6) is 0 Å². The molecule has 0 aliphatic heterocycles. The summed E-state index contributed by atoms with van der Waals surface area (Å²) in [5.41, 5.74) is 0.910. The molecule has 0 aliphatic carbocycles. The number of anilines is 2. The molecular weight excluding hydrogens is 296 g/mol. The van der Waals surface area contributed by atoms with E-state index in [4.69, 9.17) is 16.7 Å². The minimum atomic E-state index is -1.23. The number of halogens is 1. The second-order valence-corrected chi connectivity index (χ2v) is 4.80. The number of nitro benzene ring substituents is 1. The van der Waals surface area contributed by atoms with Crippen molar-refractivity contribution in [2.45, 2.75) is 6.92 Å². The van der Waals surface area contributed by atoms with E-state index in [9.17, 15) is 14.9 Å². The van der Waals surface area contributed by atoms with E-state index in [1.165, 1.54) is 6.07 Å². The highest BCUT2D eigenvalue weighted by molar-refractivity contribution is 6.30. The standard InChI is InChI=1S/C14H11ClN2O4/c1-8-12(16-11-4-2-3-10(15)7-11)5-9(14(18)19)6-13(8)17(20)21/h2-7,16H,1H3,(H,18,19). The van der Waals surface area contributed by atoms with E-state index in [-0.39, 0.29) is 11.3 Å². The second-order valence-electron chi connectivity index (χ2n) is 4.37. The maximum atomic E-state index is 11.1. The summed E-state index contributed by atoms with van der Waals surface area (Å²) < 4.78 is 0. The van der Waals surface area contributed by atoms with E-state index < -0.39 is 10.9 Å². The van der Waals surface area contributed by atoms with E-state index in [0.717, 1.165) is 6.07 Å². The van der Waals surface area contributed by atoms with Crippen molar-refractivity contribution in [3.8, 4) is 0 Å². The van der Waals surface area contributed by atoms with Gasteiger partial charge in [-0.05, 0) is 31.2 Å². The van der Waals surface area contributed by atoms with Gasteiger partial charge in [-0.15, -0.1) is 0 Å². The lowest BCUT2D eigenvalue weighted by molar-refractivity contribution is -0.385. The third kappa shape index (κ3) is 3.29. The summed E-state index contributed by atoms with van der Waals surface area (Å²) in [5, 5.41) is 23.5. The number of nitro groups is 1. The molecule has 0 unspecified atom stereocenters. The number of carboxylic acid groups (broad SMARTS) is 1. The van der Waals surface area contributed by atoms with E-state index >= 15 is 0 Å². The Balaban J connectivity index is 2.51. The number of nitrogens with zero attached hydrogens (tertiary/aromatic N) is 1. The zero-order chi connectivity index (χ0) is 15.6. The molecule has 7 heteroatoms. The van der Waals surface area contributed by atoms with Gasteiger partial charge in [-0.25, -0.2) is 4.79 Å². The lowest BCUT2D eigenvalue weighted by Gasteiger charge is -2.11. The second kappa shape index (κ2) is 5.80. The topological polar surface area (TPSA) is 92.5 Å². The van der Waals surface area contributed by atoms with E-state index in [2.05, 4.69) is 5.32 Å². The molecule has 2 rings (SSSR count). The summed E-state index contributed by atoms with van der Waals surface area (Å²) in [7, 11) is 0. The molecule has 0 amide bonds. The minimum Gasteiger partial charge on any atom is -0.478 e. The Kier molecular flexibility index (Phi) is 4.09. The molecule has 0 spiro atoms. The quantitative estimate of drug-likeness (QED) is 0.658. The van der Waals surface area contributed by atoms with Crippen molar-refractivity contribution >= 4 is 34.6 Å². The van der Waals surface area contributed by atoms with Crippen LogP contribution >= 0.6 is 11.6 Å². The molecule has 21 heavy (non-hydrogen) atoms. The summed E-state index contributed by atoms with van der Waals surface area (Å²) in [6.07, 6.45) is 0. The Morgan fingerprint density at radius 2 is 2.05 bits per heavy atom. The van der Waals surface area contributed by atoms with Gasteiger partial charge in [0.15, 0.2) is 0 Å². The van der Waals surface area contributed by atoms with Crippen LogP contribution < -0.4 is 5.32 Å². The summed E-state index contributed by atoms with van der Waals surface area (Å²) in [6, 6.07) is 9.17. The van der Waals surface area contributed by atoms with Crippen LogP contribution in [0.3, 0.4) is 0 Å². The molecule has 0 atom stereocenters. The molecule has 108 valence electrons. The van der Waals surface area contributed by atoms with Gasteiger partial charge in [-0.1, -0.05) is 17.7 Å². The van der Waals surface area contributed by atoms with Crippen molar-refractivity contribution in [2.75, 3.05) is 5.32 Å². The van der Waals surface area contributed by atoms with Crippen LogP contribution in [-0.2, 0) is 0 Å². The van der Waals surface area contributed by atoms with Crippen LogP contribution in [0.15, 0.2) is 36.4 Å². The summed E-state index contributed by atoms with van der Waals surface area (Å²) in [5.74, 6) is -1.23. The van der Waals surface area contributed by atoms with Crippen molar-refractivity contribution in [3.05, 3.63) is 62.7 Å². The van der Waals surface area contributed by atoms with Gasteiger partial charge >= 0.3 is 5.97 Å². The number of carbonyl (C=O) groups is 1. The molecule has 0 fully saturated rings. The predicted molar refractivity (Wildman–Crippen MR) is 79.5 cm³/mol. The lowest BCUT2D eigenvalue weighted by Crippen LogP contribution is -2.03. The monoisotopic (exact) mass is 306 g/mol. The molecule has 6 nitrogen and oxygen atoms in total. The fraction of sp³-hybridized carbons (Fsp3) is 0.0714. The van der Waals surface area contributed by atoms with Crippen molar-refractivity contribution in [2.24, 2.45) is 0 Å². The molecular formula is C14H11ClN2O4. The predicted octanol–water partition coefficient (Wildman–Crippen LogP) is 4.00. The van der Waals surface area contributed by atoms with Crippen molar-refractivity contribution in [3.63, 3.8) is 0 Å². The van der Waals surface area contributed by atoms with Crippen molar-refractivity contribution in [1.29, 1.82) is 0 Å². The smallest absolute Gasteiger partial charge is 0.336 e. The van der Waals surface area contributed by atoms with E-state index in [1.807, 2.05) is 0 Å². The average Bonchev–Trinajstić information content (AvgIpc) is 2.40. The molecule has 0 aromatic heterocycles. The third-order valence-corrected chi connectivity index (χ3v) is 3.16. The summed E-state index contributed by atoms with van der Waals surface area (Å²) >= 11 is 5.87. The molecule has 0 radical (unpaired) electrons. The third-order valence-electron chi connectivity index (χ3n) is 2.93. The Hall–Kier alpha value is -2.60. The molecule has 0 bridgehead atoms. The van der Waals surface area contributed by atoms with Crippen LogP contribution in [0, 0.1) is 17.0 Å². The van der Waals surface area contributed by atoms with Gasteiger partial charge in [0.1, 0.15) is 0 Å². The number of aromatic carboxylic acids is 1. The normalized spacial score (nSPS) is 10.2. The highest BCUT2D eigenvalue weighted by Gasteiger charge is 2.19. The number of hydrogen-bond acceptors (Lipinski definition) is 4. The van der Waals surface area contributed by atoms with Crippen LogP contribution in [0.2, 0.25) is 5.02 Å². The zero-order valence-corrected chi connectivity index (χ0v) is 11.7. The molecule has 0 heterocycles. The highest BCUT2D eigenvalue weighted by atomic mass is 35.5. The molecule has 0 saturated carbocycles. The first-order chi connectivity index (χ1) is 9.88. The highest BCUT2D eigenvalue weighted by Crippen LogP contribution is 2.30. The number of benzene rings is 2. The van der Waals surface area contributed by atoms with Crippen LogP contribution in [0.4, 0.5) is 17.1 Å². The summed E-state index contributed by atoms with van der Waals surface area (Å²) in [6.45, 7) is 1.55. The lowest BCUT2D eigenvalue weighted by atomic mass is 10.1. The Morgan fingerprint density at radius 1 is 1.33 bits per heavy atom. The first-order valence-corrected chi connectivity index (χ1v) is 6.31. The van der Waals surface area contributed by atoms with Gasteiger partial charge in [0.25, 0.3) is 5.69 Å². The summed E-state index contributed by atoms with van der Waals surface area (Å²) in [4.78, 5) is 21.5. The molecule has 2 aromatic rings. The van der Waals surface area contributed by atoms with Crippen LogP contribution in [-0.4, -0.2) is 16.0 Å².